The number of hydrogen-bond donors (Lipinski definition) is 2. The lowest BCUT2D eigenvalue weighted by Crippen LogP contribution is -2.44. The van der Waals surface area contributed by atoms with Crippen molar-refractivity contribution < 1.29 is 31.9 Å². The first kappa shape index (κ1) is 23.1. The minimum Gasteiger partial charge on any atom is -0.482 e. The number of carbonyl (C=O) groups excluding carboxylic acids is 2. The molecule has 0 unspecified atom stereocenters. The number of nitrogens with zero attached hydrogens (tertiary/aromatic N) is 2. The van der Waals surface area contributed by atoms with Gasteiger partial charge in [0.1, 0.15) is 17.6 Å². The molecule has 0 spiro atoms. The molecule has 2 N–H and O–H groups in total. The van der Waals surface area contributed by atoms with Crippen molar-refractivity contribution in [2.24, 2.45) is 0 Å². The monoisotopic (exact) mass is 462 g/mol. The van der Waals surface area contributed by atoms with Crippen LogP contribution in [0.1, 0.15) is 15.9 Å². The van der Waals surface area contributed by atoms with Gasteiger partial charge in [-0.05, 0) is 30.3 Å². The van der Waals surface area contributed by atoms with E-state index in [-0.39, 0.29) is 42.5 Å². The van der Waals surface area contributed by atoms with Crippen LogP contribution in [0.2, 0.25) is 0 Å². The highest BCUT2D eigenvalue weighted by Crippen LogP contribution is 2.20. The smallest absolute Gasteiger partial charge is 0.276 e. The lowest BCUT2D eigenvalue weighted by Gasteiger charge is -2.26. The average molecular weight is 462 g/mol. The van der Waals surface area contributed by atoms with Gasteiger partial charge in [-0.15, -0.1) is 0 Å². The molecule has 0 radical (unpaired) electrons. The van der Waals surface area contributed by atoms with Gasteiger partial charge in [0.05, 0.1) is 29.2 Å². The second-order valence-electron chi connectivity index (χ2n) is 6.56. The van der Waals surface area contributed by atoms with E-state index in [1.54, 1.807) is 12.1 Å². The Bertz CT molecular complexity index is 1160. The van der Waals surface area contributed by atoms with Crippen molar-refractivity contribution in [2.45, 2.75) is 4.90 Å². The summed E-state index contributed by atoms with van der Waals surface area (Å²) in [6.07, 6.45) is 0. The number of morpholine rings is 1. The summed E-state index contributed by atoms with van der Waals surface area (Å²) in [5.74, 6) is -2.60. The van der Waals surface area contributed by atoms with Crippen molar-refractivity contribution in [3.63, 3.8) is 0 Å². The second-order valence-corrected chi connectivity index (χ2v) is 8.49. The van der Waals surface area contributed by atoms with Crippen molar-refractivity contribution in [3.05, 3.63) is 59.4 Å². The van der Waals surface area contributed by atoms with Crippen molar-refractivity contribution in [1.29, 1.82) is 5.26 Å². The average Bonchev–Trinajstić information content (AvgIpc) is 2.82. The molecular formula is C20H19FN4O6S. The zero-order chi connectivity index (χ0) is 23.1. The van der Waals surface area contributed by atoms with Crippen LogP contribution in [0.3, 0.4) is 0 Å². The molecule has 1 heterocycles. The summed E-state index contributed by atoms with van der Waals surface area (Å²) in [6.45, 7) is 0.243. The van der Waals surface area contributed by atoms with Crippen molar-refractivity contribution in [2.75, 3.05) is 32.9 Å². The summed E-state index contributed by atoms with van der Waals surface area (Å²) in [4.78, 5) is 24.0. The Morgan fingerprint density at radius 2 is 1.88 bits per heavy atom. The Morgan fingerprint density at radius 1 is 1.16 bits per heavy atom. The number of halogens is 1. The quantitative estimate of drug-likeness (QED) is 0.598. The Kier molecular flexibility index (Phi) is 7.37. The third-order valence-corrected chi connectivity index (χ3v) is 6.37. The highest BCUT2D eigenvalue weighted by atomic mass is 32.2. The molecule has 1 aliphatic rings. The van der Waals surface area contributed by atoms with Crippen LogP contribution >= 0.6 is 0 Å². The first-order valence-electron chi connectivity index (χ1n) is 9.41. The molecule has 3 rings (SSSR count). The zero-order valence-corrected chi connectivity index (χ0v) is 17.5. The molecule has 1 saturated heterocycles. The summed E-state index contributed by atoms with van der Waals surface area (Å²) < 4.78 is 51.2. The van der Waals surface area contributed by atoms with E-state index in [1.807, 2.05) is 16.9 Å². The minimum absolute atomic E-state index is 0.145. The second kappa shape index (κ2) is 10.2. The van der Waals surface area contributed by atoms with Crippen molar-refractivity contribution >= 4 is 21.8 Å². The van der Waals surface area contributed by atoms with Gasteiger partial charge in [0, 0.05) is 13.1 Å². The van der Waals surface area contributed by atoms with Crippen LogP contribution in [0.25, 0.3) is 0 Å². The Morgan fingerprint density at radius 3 is 2.59 bits per heavy atom. The van der Waals surface area contributed by atoms with Crippen LogP contribution in [-0.4, -0.2) is 57.4 Å². The topological polar surface area (TPSA) is 138 Å². The molecule has 10 nitrogen and oxygen atoms in total. The number of ether oxygens (including phenoxy) is 2. The van der Waals surface area contributed by atoms with E-state index in [2.05, 4.69) is 0 Å². The molecule has 0 atom stereocenters. The van der Waals surface area contributed by atoms with Crippen LogP contribution in [0.4, 0.5) is 4.39 Å². The normalized spacial score (nSPS) is 14.2. The Labute approximate surface area is 183 Å². The molecule has 32 heavy (non-hydrogen) atoms. The molecule has 0 saturated carbocycles. The van der Waals surface area contributed by atoms with E-state index in [1.165, 1.54) is 16.4 Å². The zero-order valence-electron chi connectivity index (χ0n) is 16.7. The van der Waals surface area contributed by atoms with E-state index >= 15 is 0 Å². The summed E-state index contributed by atoms with van der Waals surface area (Å²) in [5, 5.41) is 9.00. The van der Waals surface area contributed by atoms with Crippen LogP contribution in [0.5, 0.6) is 5.75 Å². The van der Waals surface area contributed by atoms with Gasteiger partial charge in [0.25, 0.3) is 11.8 Å². The molecule has 2 aromatic rings. The van der Waals surface area contributed by atoms with Gasteiger partial charge in [-0.25, -0.2) is 12.8 Å². The van der Waals surface area contributed by atoms with Crippen molar-refractivity contribution in [3.8, 4) is 11.8 Å². The predicted molar refractivity (Wildman–Crippen MR) is 108 cm³/mol. The number of nitriles is 1. The number of benzene rings is 2. The van der Waals surface area contributed by atoms with Gasteiger partial charge in [-0.3, -0.25) is 20.4 Å². The SMILES string of the molecule is N#Cc1ccccc1OCC(=O)NNC(=O)c1cc(S(=O)(=O)N2CCOCC2)ccc1F. The molecule has 1 fully saturated rings. The third kappa shape index (κ3) is 5.38. The van der Waals surface area contributed by atoms with Gasteiger partial charge < -0.3 is 9.47 Å². The first-order valence-corrected chi connectivity index (χ1v) is 10.9. The van der Waals surface area contributed by atoms with Gasteiger partial charge in [-0.2, -0.15) is 9.57 Å². The number of para-hydroxylation sites is 1. The summed E-state index contributed by atoms with van der Waals surface area (Å²) in [5.41, 5.74) is 3.73. The lowest BCUT2D eigenvalue weighted by atomic mass is 10.2. The van der Waals surface area contributed by atoms with E-state index in [4.69, 9.17) is 14.7 Å². The molecule has 1 aliphatic heterocycles. The van der Waals surface area contributed by atoms with Crippen LogP contribution < -0.4 is 15.6 Å². The fourth-order valence-electron chi connectivity index (χ4n) is 2.83. The molecule has 0 aliphatic carbocycles. The number of carbonyl (C=O) groups is 2. The fourth-order valence-corrected chi connectivity index (χ4v) is 4.27. The maximum absolute atomic E-state index is 14.2. The standard InChI is InChI=1S/C20H19FN4O6S/c21-17-6-5-15(32(28,29)25-7-9-30-10-8-25)11-16(17)20(27)24-23-19(26)13-31-18-4-2-1-3-14(18)12-22/h1-6,11H,7-10,13H2,(H,23,26)(H,24,27). The molecule has 168 valence electrons. The molecule has 2 amide bonds. The predicted octanol–water partition coefficient (Wildman–Crippen LogP) is 0.558. The Balaban J connectivity index is 1.63. The van der Waals surface area contributed by atoms with Gasteiger partial charge >= 0.3 is 0 Å². The van der Waals surface area contributed by atoms with E-state index in [0.29, 0.717) is 0 Å². The number of rotatable bonds is 6. The van der Waals surface area contributed by atoms with Gasteiger partial charge in [-0.1, -0.05) is 12.1 Å². The van der Waals surface area contributed by atoms with Crippen LogP contribution in [0.15, 0.2) is 47.4 Å². The number of hydrogen-bond acceptors (Lipinski definition) is 7. The maximum Gasteiger partial charge on any atom is 0.276 e. The molecule has 0 aromatic heterocycles. The number of nitrogens with one attached hydrogen (secondary N) is 2. The van der Waals surface area contributed by atoms with E-state index in [9.17, 15) is 22.4 Å². The van der Waals surface area contributed by atoms with Gasteiger partial charge in [0.2, 0.25) is 10.0 Å². The Hall–Kier alpha value is -3.53. The first-order chi connectivity index (χ1) is 15.3. The number of hydrazine groups is 1. The molecule has 0 bridgehead atoms. The van der Waals surface area contributed by atoms with E-state index < -0.39 is 39.8 Å². The molecule has 12 heteroatoms. The number of amides is 2. The molecular weight excluding hydrogens is 443 g/mol. The largest absolute Gasteiger partial charge is 0.482 e. The van der Waals surface area contributed by atoms with E-state index in [0.717, 1.165) is 18.2 Å². The molecule has 2 aromatic carbocycles. The lowest BCUT2D eigenvalue weighted by molar-refractivity contribution is -0.123. The number of sulfonamides is 1. The van der Waals surface area contributed by atoms with Gasteiger partial charge in [0.15, 0.2) is 6.61 Å². The van der Waals surface area contributed by atoms with Crippen LogP contribution in [0, 0.1) is 17.1 Å². The maximum atomic E-state index is 14.2. The van der Waals surface area contributed by atoms with Crippen molar-refractivity contribution in [1.82, 2.24) is 15.2 Å². The third-order valence-electron chi connectivity index (χ3n) is 4.47. The fraction of sp³-hybridized carbons (Fsp3) is 0.250. The minimum atomic E-state index is -3.94. The summed E-state index contributed by atoms with van der Waals surface area (Å²) in [7, 11) is -3.94. The summed E-state index contributed by atoms with van der Waals surface area (Å²) >= 11 is 0. The highest BCUT2D eigenvalue weighted by molar-refractivity contribution is 7.89. The summed E-state index contributed by atoms with van der Waals surface area (Å²) in [6, 6.07) is 11.0. The highest BCUT2D eigenvalue weighted by Gasteiger charge is 2.28. The van der Waals surface area contributed by atoms with Crippen LogP contribution in [-0.2, 0) is 19.6 Å².